The molecular weight excluding hydrogens is 493 g/mol. The third kappa shape index (κ3) is 3.44. The number of likely N-dealkylation sites (N-methyl/N-ethyl adjacent to an activating group) is 1. The summed E-state index contributed by atoms with van der Waals surface area (Å²) in [7, 11) is 1.58. The van der Waals surface area contributed by atoms with E-state index in [0.717, 1.165) is 16.9 Å². The number of ether oxygens (including phenoxy) is 1. The fourth-order valence-electron chi connectivity index (χ4n) is 4.39. The number of carbonyl (C=O) groups is 1. The molecule has 12 heteroatoms. The number of imidazole rings is 1. The molecule has 0 spiro atoms. The number of amides is 1. The Labute approximate surface area is 205 Å². The van der Waals surface area contributed by atoms with Crippen molar-refractivity contribution < 1.29 is 22.7 Å². The first kappa shape index (κ1) is 22.3. The highest BCUT2D eigenvalue weighted by molar-refractivity contribution is 7.10. The molecule has 4 heterocycles. The van der Waals surface area contributed by atoms with Crippen LogP contribution in [0.2, 0.25) is 0 Å². The number of rotatable bonds is 4. The van der Waals surface area contributed by atoms with Crippen LogP contribution >= 0.6 is 11.3 Å². The lowest BCUT2D eigenvalue weighted by Gasteiger charge is -2.24. The van der Waals surface area contributed by atoms with Crippen molar-refractivity contribution in [3.05, 3.63) is 70.2 Å². The summed E-state index contributed by atoms with van der Waals surface area (Å²) in [6.07, 6.45) is 0.434. The third-order valence-electron chi connectivity index (χ3n) is 6.26. The maximum atomic E-state index is 15.0. The van der Waals surface area contributed by atoms with Crippen LogP contribution < -0.4 is 10.5 Å². The van der Waals surface area contributed by atoms with Crippen molar-refractivity contribution in [2.24, 2.45) is 0 Å². The molecule has 3 aromatic heterocycles. The highest BCUT2D eigenvalue weighted by Gasteiger charge is 2.32. The van der Waals surface area contributed by atoms with Crippen LogP contribution in [0.4, 0.5) is 19.0 Å². The number of nitrogen functional groups attached to an aromatic ring is 1. The van der Waals surface area contributed by atoms with Crippen molar-refractivity contribution in [1.29, 1.82) is 0 Å². The predicted octanol–water partition coefficient (Wildman–Crippen LogP) is 4.87. The zero-order valence-corrected chi connectivity index (χ0v) is 19.5. The maximum Gasteiger partial charge on any atom is 0.289 e. The number of hydrogen-bond acceptors (Lipinski definition) is 7. The van der Waals surface area contributed by atoms with Gasteiger partial charge in [0.15, 0.2) is 5.01 Å². The van der Waals surface area contributed by atoms with Gasteiger partial charge < -0.3 is 15.4 Å². The van der Waals surface area contributed by atoms with Gasteiger partial charge in [0, 0.05) is 29.6 Å². The predicted molar refractivity (Wildman–Crippen MR) is 128 cm³/mol. The van der Waals surface area contributed by atoms with E-state index in [4.69, 9.17) is 10.5 Å². The van der Waals surface area contributed by atoms with Crippen LogP contribution in [0.1, 0.15) is 33.4 Å². The number of nitrogens with two attached hydrogens (primary N) is 1. The van der Waals surface area contributed by atoms with Gasteiger partial charge in [-0.25, -0.2) is 28.1 Å². The standard InChI is InChI=1S/C24H17F3N6O2S/c1-32(19-8-35-20-4-11(2-3-12(19)20)16-9-36-23(31-16)21(26)27)24(34)13-5-17-15(6-14(13)25)30-22(28)18-7-29-10-33(17)18/h2-7,9-10,19,21H,8H2,1H3,(H2,28,30)/t19-/m1/s1. The summed E-state index contributed by atoms with van der Waals surface area (Å²) in [5.74, 6) is -0.537. The Morgan fingerprint density at radius 2 is 2.08 bits per heavy atom. The molecule has 1 aliphatic rings. The van der Waals surface area contributed by atoms with Gasteiger partial charge in [-0.3, -0.25) is 9.20 Å². The molecule has 0 saturated carbocycles. The van der Waals surface area contributed by atoms with E-state index < -0.39 is 24.2 Å². The molecule has 0 bridgehead atoms. The van der Waals surface area contributed by atoms with Crippen LogP contribution in [-0.2, 0) is 0 Å². The highest BCUT2D eigenvalue weighted by atomic mass is 32.1. The molecule has 1 atom stereocenters. The normalized spacial score (nSPS) is 15.0. The molecule has 36 heavy (non-hydrogen) atoms. The Balaban J connectivity index is 1.32. The van der Waals surface area contributed by atoms with Gasteiger partial charge in [-0.2, -0.15) is 0 Å². The summed E-state index contributed by atoms with van der Waals surface area (Å²) < 4.78 is 48.3. The molecule has 0 aliphatic carbocycles. The maximum absolute atomic E-state index is 15.0. The van der Waals surface area contributed by atoms with Crippen LogP contribution in [-0.4, -0.2) is 43.8 Å². The Morgan fingerprint density at radius 3 is 2.86 bits per heavy atom. The number of thiazole rings is 1. The smallest absolute Gasteiger partial charge is 0.289 e. The Kier molecular flexibility index (Phi) is 5.07. The molecular formula is C24H17F3N6O2S. The van der Waals surface area contributed by atoms with Gasteiger partial charge in [0.25, 0.3) is 12.3 Å². The number of hydrogen-bond donors (Lipinski definition) is 1. The second-order valence-corrected chi connectivity index (χ2v) is 9.22. The minimum absolute atomic E-state index is 0.126. The molecule has 1 aliphatic heterocycles. The van der Waals surface area contributed by atoms with E-state index in [9.17, 15) is 13.6 Å². The molecule has 2 aromatic carbocycles. The lowest BCUT2D eigenvalue weighted by Crippen LogP contribution is -2.32. The van der Waals surface area contributed by atoms with Crippen molar-refractivity contribution >= 4 is 39.6 Å². The molecule has 0 unspecified atom stereocenters. The first-order chi connectivity index (χ1) is 17.3. The van der Waals surface area contributed by atoms with Gasteiger partial charge in [0.05, 0.1) is 40.9 Å². The number of benzene rings is 2. The van der Waals surface area contributed by atoms with E-state index in [1.165, 1.54) is 23.4 Å². The summed E-state index contributed by atoms with van der Waals surface area (Å²) in [5.41, 5.74) is 8.93. The van der Waals surface area contributed by atoms with Crippen LogP contribution in [0.15, 0.2) is 48.2 Å². The number of alkyl halides is 2. The summed E-state index contributed by atoms with van der Waals surface area (Å²) in [6.45, 7) is 0.166. The van der Waals surface area contributed by atoms with Gasteiger partial charge in [-0.15, -0.1) is 11.3 Å². The second-order valence-electron chi connectivity index (χ2n) is 8.33. The number of carbonyl (C=O) groups excluding carboxylic acids is 1. The number of nitrogens with zero attached hydrogens (tertiary/aromatic N) is 5. The Bertz CT molecular complexity index is 1670. The van der Waals surface area contributed by atoms with Crippen molar-refractivity contribution in [2.75, 3.05) is 19.4 Å². The number of aromatic nitrogens is 4. The Morgan fingerprint density at radius 1 is 1.25 bits per heavy atom. The topological polar surface area (TPSA) is 98.6 Å². The fourth-order valence-corrected chi connectivity index (χ4v) is 5.06. The lowest BCUT2D eigenvalue weighted by atomic mass is 10.0. The van der Waals surface area contributed by atoms with Gasteiger partial charge >= 0.3 is 0 Å². The van der Waals surface area contributed by atoms with Crippen LogP contribution in [0.5, 0.6) is 5.75 Å². The quantitative estimate of drug-likeness (QED) is 0.370. The van der Waals surface area contributed by atoms with Crippen molar-refractivity contribution in [2.45, 2.75) is 12.5 Å². The number of anilines is 1. The first-order valence-electron chi connectivity index (χ1n) is 10.8. The number of fused-ring (bicyclic) bond motifs is 4. The molecule has 8 nitrogen and oxygen atoms in total. The molecule has 1 amide bonds. The minimum atomic E-state index is -2.63. The van der Waals surface area contributed by atoms with Crippen molar-refractivity contribution in [3.8, 4) is 17.0 Å². The third-order valence-corrected chi connectivity index (χ3v) is 7.11. The van der Waals surface area contributed by atoms with Crippen LogP contribution in [0.25, 0.3) is 27.8 Å². The molecule has 0 fully saturated rings. The summed E-state index contributed by atoms with van der Waals surface area (Å²) in [6, 6.07) is 7.37. The second kappa shape index (κ2) is 8.19. The molecule has 182 valence electrons. The van der Waals surface area contributed by atoms with E-state index in [1.807, 2.05) is 0 Å². The molecule has 0 radical (unpaired) electrons. The van der Waals surface area contributed by atoms with Crippen molar-refractivity contribution in [1.82, 2.24) is 24.3 Å². The summed E-state index contributed by atoms with van der Waals surface area (Å²) in [4.78, 5) is 27.1. The largest absolute Gasteiger partial charge is 0.491 e. The van der Waals surface area contributed by atoms with Gasteiger partial charge in [-0.05, 0) is 12.1 Å². The molecule has 5 aromatic rings. The van der Waals surface area contributed by atoms with E-state index in [1.54, 1.807) is 41.2 Å². The highest BCUT2D eigenvalue weighted by Crippen LogP contribution is 2.39. The monoisotopic (exact) mass is 510 g/mol. The minimum Gasteiger partial charge on any atom is -0.491 e. The van der Waals surface area contributed by atoms with Crippen molar-refractivity contribution in [3.63, 3.8) is 0 Å². The van der Waals surface area contributed by atoms with Crippen LogP contribution in [0, 0.1) is 5.82 Å². The van der Waals surface area contributed by atoms with Gasteiger partial charge in [0.1, 0.15) is 29.5 Å². The SMILES string of the molecule is CN(C(=O)c1cc2c(cc1F)nc(N)c1cncn12)[C@@H]1COc2cc(-c3csc(C(F)F)n3)ccc21. The van der Waals surface area contributed by atoms with E-state index in [-0.39, 0.29) is 23.0 Å². The molecule has 6 rings (SSSR count). The lowest BCUT2D eigenvalue weighted by molar-refractivity contribution is 0.0704. The summed E-state index contributed by atoms with van der Waals surface area (Å²) >= 11 is 0.889. The Hall–Kier alpha value is -4.19. The zero-order chi connectivity index (χ0) is 25.1. The summed E-state index contributed by atoms with van der Waals surface area (Å²) in [5, 5.41) is 1.31. The van der Waals surface area contributed by atoms with E-state index in [0.29, 0.717) is 33.6 Å². The number of halogens is 3. The average Bonchev–Trinajstić information content (AvgIpc) is 3.62. The molecule has 2 N–H and O–H groups in total. The first-order valence-corrected chi connectivity index (χ1v) is 11.7. The van der Waals surface area contributed by atoms with Gasteiger partial charge in [-0.1, -0.05) is 12.1 Å². The van der Waals surface area contributed by atoms with Gasteiger partial charge in [0.2, 0.25) is 0 Å². The molecule has 0 saturated heterocycles. The zero-order valence-electron chi connectivity index (χ0n) is 18.7. The van der Waals surface area contributed by atoms with E-state index in [2.05, 4.69) is 15.0 Å². The van der Waals surface area contributed by atoms with Crippen LogP contribution in [0.3, 0.4) is 0 Å². The fraction of sp³-hybridized carbons (Fsp3) is 0.167. The average molecular weight is 511 g/mol. The van der Waals surface area contributed by atoms with E-state index >= 15 is 4.39 Å².